The summed E-state index contributed by atoms with van der Waals surface area (Å²) in [4.78, 5) is 24.9. The molecule has 0 bridgehead atoms. The number of carbonyl (C=O) groups excluding carboxylic acids is 2. The molecule has 5 aromatic rings. The van der Waals surface area contributed by atoms with E-state index in [2.05, 4.69) is 0 Å². The lowest BCUT2D eigenvalue weighted by molar-refractivity contribution is 0.103. The number of para-hydroxylation sites is 1. The minimum atomic E-state index is -3.67. The predicted octanol–water partition coefficient (Wildman–Crippen LogP) is 7.87. The zero-order valence-electron chi connectivity index (χ0n) is 28.1. The second kappa shape index (κ2) is 18.6. The van der Waals surface area contributed by atoms with Crippen LogP contribution < -0.4 is 4.74 Å². The van der Waals surface area contributed by atoms with Crippen molar-refractivity contribution in [3.63, 3.8) is 0 Å². The fourth-order valence-corrected chi connectivity index (χ4v) is 4.16. The Hall–Kier alpha value is -4.94. The maximum Gasteiger partial charge on any atom is 0.261 e. The van der Waals surface area contributed by atoms with Gasteiger partial charge in [-0.1, -0.05) is 83.9 Å². The van der Waals surface area contributed by atoms with E-state index in [4.69, 9.17) is 13.8 Å². The second-order valence-corrected chi connectivity index (χ2v) is 14.0. The molecule has 0 saturated carbocycles. The topological polar surface area (TPSA) is 152 Å². The van der Waals surface area contributed by atoms with Crippen LogP contribution in [0.4, 0.5) is 0 Å². The largest absolute Gasteiger partial charge is 0.457 e. The molecular formula is C38H40O9S2. The van der Waals surface area contributed by atoms with Crippen molar-refractivity contribution in [2.24, 2.45) is 0 Å². The third-order valence-electron chi connectivity index (χ3n) is 6.41. The summed E-state index contributed by atoms with van der Waals surface area (Å²) in [6, 6.07) is 38.1. The fourth-order valence-electron chi connectivity index (χ4n) is 4.16. The third-order valence-corrected chi connectivity index (χ3v) is 6.41. The molecule has 0 aliphatic heterocycles. The van der Waals surface area contributed by atoms with E-state index in [9.17, 15) is 26.4 Å². The van der Waals surface area contributed by atoms with E-state index in [1.807, 2.05) is 149 Å². The summed E-state index contributed by atoms with van der Waals surface area (Å²) in [5, 5.41) is 0. The van der Waals surface area contributed by atoms with Crippen LogP contribution in [0.15, 0.2) is 121 Å². The summed E-state index contributed by atoms with van der Waals surface area (Å²) in [6.07, 6.45) is 1.43. The van der Waals surface area contributed by atoms with E-state index in [0.29, 0.717) is 23.8 Å². The Morgan fingerprint density at radius 2 is 0.816 bits per heavy atom. The number of ketones is 2. The van der Waals surface area contributed by atoms with Crippen LogP contribution in [0, 0.1) is 27.7 Å². The zero-order valence-corrected chi connectivity index (χ0v) is 29.7. The monoisotopic (exact) mass is 704 g/mol. The summed E-state index contributed by atoms with van der Waals surface area (Å²) in [5.41, 5.74) is 7.18. The number of ether oxygens (including phenoxy) is 1. The van der Waals surface area contributed by atoms with Gasteiger partial charge in [0.15, 0.2) is 11.6 Å². The number of carbonyl (C=O) groups is 2. The van der Waals surface area contributed by atoms with Gasteiger partial charge in [0.2, 0.25) is 0 Å². The number of benzene rings is 5. The molecule has 5 rings (SSSR count). The summed E-state index contributed by atoms with van der Waals surface area (Å²) in [6.45, 7) is 7.92. The molecule has 5 aromatic carbocycles. The lowest BCUT2D eigenvalue weighted by Crippen LogP contribution is -2.04. The first-order valence-corrected chi connectivity index (χ1v) is 18.5. The Morgan fingerprint density at radius 1 is 0.490 bits per heavy atom. The van der Waals surface area contributed by atoms with Gasteiger partial charge in [-0.25, -0.2) is 0 Å². The Labute approximate surface area is 288 Å². The molecule has 0 saturated heterocycles. The van der Waals surface area contributed by atoms with Gasteiger partial charge in [0.05, 0.1) is 12.5 Å². The van der Waals surface area contributed by atoms with Crippen molar-refractivity contribution < 1.29 is 40.3 Å². The van der Waals surface area contributed by atoms with Crippen LogP contribution in [0.1, 0.15) is 54.1 Å². The fraction of sp³-hybridized carbons (Fsp3) is 0.158. The maximum atomic E-state index is 12.6. The standard InChI is InChI=1S/C21H18O2.C15H14O.2CH4O3S/c1-15-8-9-16(2)20(14-15)21(22)17-10-12-19(13-11-17)23-18-6-4-3-5-7-18;1-11-8-9-12(2)14(10-11)15(16)13-6-4-3-5-7-13;2*1-5(2,3)4/h3-14H,1-2H3;3-10H,1-2H3;2*1H3,(H,2,3,4). The first kappa shape index (κ1) is 40.2. The molecule has 0 unspecified atom stereocenters. The third kappa shape index (κ3) is 16.1. The van der Waals surface area contributed by atoms with E-state index in [-0.39, 0.29) is 11.6 Å². The highest BCUT2D eigenvalue weighted by Gasteiger charge is 2.13. The van der Waals surface area contributed by atoms with Crippen LogP contribution in [0.25, 0.3) is 0 Å². The van der Waals surface area contributed by atoms with E-state index in [0.717, 1.165) is 44.7 Å². The zero-order chi connectivity index (χ0) is 36.8. The molecule has 0 amide bonds. The average Bonchev–Trinajstić information content (AvgIpc) is 3.03. The van der Waals surface area contributed by atoms with Crippen LogP contribution in [0.3, 0.4) is 0 Å². The molecular weight excluding hydrogens is 665 g/mol. The van der Waals surface area contributed by atoms with Crippen LogP contribution in [0.5, 0.6) is 11.5 Å². The van der Waals surface area contributed by atoms with Gasteiger partial charge in [0.1, 0.15) is 11.5 Å². The molecule has 0 aliphatic carbocycles. The number of hydrogen-bond acceptors (Lipinski definition) is 7. The molecule has 11 heteroatoms. The van der Waals surface area contributed by atoms with Gasteiger partial charge in [-0.3, -0.25) is 18.7 Å². The Bertz CT molecular complexity index is 2010. The Morgan fingerprint density at radius 3 is 1.20 bits per heavy atom. The highest BCUT2D eigenvalue weighted by Crippen LogP contribution is 2.23. The highest BCUT2D eigenvalue weighted by atomic mass is 32.2. The number of aryl methyl sites for hydroxylation is 4. The van der Waals surface area contributed by atoms with Crippen molar-refractivity contribution in [2.45, 2.75) is 27.7 Å². The minimum Gasteiger partial charge on any atom is -0.457 e. The number of hydrogen-bond donors (Lipinski definition) is 2. The molecule has 0 heterocycles. The SMILES string of the molecule is CS(=O)(=O)O.CS(=O)(=O)O.Cc1ccc(C)c(C(=O)c2ccc(Oc3ccccc3)cc2)c1.Cc1ccc(C)c(C(=O)c2ccccc2)c1. The summed E-state index contributed by atoms with van der Waals surface area (Å²) >= 11 is 0. The van der Waals surface area contributed by atoms with Crippen molar-refractivity contribution in [2.75, 3.05) is 12.5 Å². The average molecular weight is 705 g/mol. The van der Waals surface area contributed by atoms with Crippen LogP contribution in [-0.2, 0) is 20.2 Å². The minimum absolute atomic E-state index is 0.0393. The van der Waals surface area contributed by atoms with Crippen molar-refractivity contribution in [1.29, 1.82) is 0 Å². The summed E-state index contributed by atoms with van der Waals surface area (Å²) < 4.78 is 57.5. The van der Waals surface area contributed by atoms with Gasteiger partial charge in [0.25, 0.3) is 20.2 Å². The van der Waals surface area contributed by atoms with Crippen molar-refractivity contribution in [3.05, 3.63) is 166 Å². The Kier molecular flexibility index (Phi) is 15.2. The van der Waals surface area contributed by atoms with E-state index in [1.54, 1.807) is 0 Å². The van der Waals surface area contributed by atoms with Gasteiger partial charge < -0.3 is 4.74 Å². The van der Waals surface area contributed by atoms with Crippen LogP contribution in [-0.4, -0.2) is 50.0 Å². The molecule has 0 atom stereocenters. The van der Waals surface area contributed by atoms with Gasteiger partial charge in [0, 0.05) is 22.3 Å². The first-order valence-electron chi connectivity index (χ1n) is 14.8. The molecule has 258 valence electrons. The predicted molar refractivity (Wildman–Crippen MR) is 193 cm³/mol. The van der Waals surface area contributed by atoms with Crippen LogP contribution in [0.2, 0.25) is 0 Å². The molecule has 2 N–H and O–H groups in total. The lowest BCUT2D eigenvalue weighted by Gasteiger charge is -2.08. The molecule has 9 nitrogen and oxygen atoms in total. The quantitative estimate of drug-likeness (QED) is 0.133. The Balaban J connectivity index is 0.000000276. The summed E-state index contributed by atoms with van der Waals surface area (Å²) in [7, 11) is -7.33. The van der Waals surface area contributed by atoms with Crippen molar-refractivity contribution in [1.82, 2.24) is 0 Å². The maximum absolute atomic E-state index is 12.6. The molecule has 0 spiro atoms. The number of rotatable bonds is 6. The second-order valence-electron chi connectivity index (χ2n) is 11.1. The molecule has 0 aliphatic rings. The van der Waals surface area contributed by atoms with Gasteiger partial charge >= 0.3 is 0 Å². The van der Waals surface area contributed by atoms with Gasteiger partial charge in [-0.15, -0.1) is 0 Å². The molecule has 49 heavy (non-hydrogen) atoms. The van der Waals surface area contributed by atoms with Gasteiger partial charge in [-0.2, -0.15) is 16.8 Å². The van der Waals surface area contributed by atoms with Crippen molar-refractivity contribution in [3.8, 4) is 11.5 Å². The van der Waals surface area contributed by atoms with E-state index >= 15 is 0 Å². The first-order chi connectivity index (χ1) is 22.8. The van der Waals surface area contributed by atoms with Gasteiger partial charge in [-0.05, 0) is 87.4 Å². The molecule has 0 radical (unpaired) electrons. The van der Waals surface area contributed by atoms with E-state index in [1.165, 1.54) is 0 Å². The normalized spacial score (nSPS) is 10.5. The highest BCUT2D eigenvalue weighted by molar-refractivity contribution is 7.85. The lowest BCUT2D eigenvalue weighted by atomic mass is 9.97. The van der Waals surface area contributed by atoms with Crippen LogP contribution >= 0.6 is 0 Å². The van der Waals surface area contributed by atoms with Crippen molar-refractivity contribution >= 4 is 31.8 Å². The molecule has 0 fully saturated rings. The summed E-state index contributed by atoms with van der Waals surface area (Å²) in [5.74, 6) is 1.63. The molecule has 0 aromatic heterocycles. The van der Waals surface area contributed by atoms with E-state index < -0.39 is 20.2 Å². The smallest absolute Gasteiger partial charge is 0.261 e.